The molecule has 0 fully saturated rings. The molecule has 0 saturated carbocycles. The van der Waals surface area contributed by atoms with Crippen LogP contribution in [0.4, 0.5) is 0 Å². The molecule has 180 valence electrons. The van der Waals surface area contributed by atoms with Gasteiger partial charge in [-0.2, -0.15) is 0 Å². The zero-order valence-electron chi connectivity index (χ0n) is 15.9. The fourth-order valence-electron chi connectivity index (χ4n) is 1.73. The molecule has 0 aromatic heterocycles. The molecule has 10 atom stereocenters. The average Bonchev–Trinajstić information content (AvgIpc) is 2.73. The van der Waals surface area contributed by atoms with Crippen molar-refractivity contribution in [2.24, 2.45) is 0 Å². The largest absolute Gasteiger partial charge is 2.00 e. The van der Waals surface area contributed by atoms with E-state index >= 15 is 0 Å². The van der Waals surface area contributed by atoms with Crippen LogP contribution in [0.5, 0.6) is 0 Å². The van der Waals surface area contributed by atoms with Gasteiger partial charge in [-0.1, -0.05) is 0 Å². The molecule has 17 heteroatoms. The standard InChI is InChI=1S/2C7H14O8.Mg/c2*8-1-2(9)3(10)4(11)5(12)6(13)7(14)15;/h2*2-6,8-13H,1H2,(H,14,15);/q;;+2/p-2/t2*2-,3+,4-,5+,6+;/m00./s1. The maximum absolute atomic E-state index is 10.1. The third-order valence-electron chi connectivity index (χ3n) is 3.69. The monoisotopic (exact) mass is 474 g/mol. The van der Waals surface area contributed by atoms with Crippen LogP contribution >= 0.6 is 0 Å². The van der Waals surface area contributed by atoms with Crippen LogP contribution in [0.1, 0.15) is 0 Å². The van der Waals surface area contributed by atoms with Gasteiger partial charge in [0.15, 0.2) is 0 Å². The number of aliphatic carboxylic acids is 2. The Kier molecular flexibility index (Phi) is 18.9. The predicted molar refractivity (Wildman–Crippen MR) is 90.0 cm³/mol. The molecule has 0 radical (unpaired) electrons. The van der Waals surface area contributed by atoms with E-state index in [0.717, 1.165) is 0 Å². The molecule has 12 N–H and O–H groups in total. The molecule has 0 aromatic carbocycles. The summed E-state index contributed by atoms with van der Waals surface area (Å²) < 4.78 is 0. The SMILES string of the molecule is O=C([O-])[C@H](O)[C@H](O)[C@@H](O)[C@H](O)[C@@H](O)CO.O=C([O-])[C@H](O)[C@H](O)[C@@H](O)[C@H](O)[C@@H](O)CO.[Mg+2]. The summed E-state index contributed by atoms with van der Waals surface area (Å²) in [6.07, 6.45) is -21.0. The smallest absolute Gasteiger partial charge is 0.547 e. The van der Waals surface area contributed by atoms with Crippen LogP contribution in [-0.2, 0) is 9.59 Å². The van der Waals surface area contributed by atoms with E-state index in [1.165, 1.54) is 0 Å². The molecule has 0 bridgehead atoms. The van der Waals surface area contributed by atoms with Gasteiger partial charge >= 0.3 is 23.1 Å². The maximum Gasteiger partial charge on any atom is 2.00 e. The summed E-state index contributed by atoms with van der Waals surface area (Å²) in [5.41, 5.74) is 0. The molecular formula is C14H26MgO16. The van der Waals surface area contributed by atoms with E-state index in [9.17, 15) is 19.8 Å². The molecule has 0 aliphatic heterocycles. The molecule has 0 aromatic rings. The molecule has 0 spiro atoms. The number of carboxylic acid groups (broad SMARTS) is 2. The van der Waals surface area contributed by atoms with E-state index in [2.05, 4.69) is 0 Å². The van der Waals surface area contributed by atoms with Gasteiger partial charge < -0.3 is 81.1 Å². The summed E-state index contributed by atoms with van der Waals surface area (Å²) in [4.78, 5) is 20.2. The topological polar surface area (TPSA) is 323 Å². The van der Waals surface area contributed by atoms with Crippen LogP contribution in [0.25, 0.3) is 0 Å². The first-order chi connectivity index (χ1) is 13.6. The number of aliphatic hydroxyl groups is 12. The van der Waals surface area contributed by atoms with Crippen molar-refractivity contribution in [1.82, 2.24) is 0 Å². The Balaban J connectivity index is -0.000000490. The first-order valence-electron chi connectivity index (χ1n) is 8.09. The molecule has 31 heavy (non-hydrogen) atoms. The second-order valence-corrected chi connectivity index (χ2v) is 5.97. The van der Waals surface area contributed by atoms with Crippen LogP contribution in [-0.4, -0.2) is 171 Å². The summed E-state index contributed by atoms with van der Waals surface area (Å²) in [6.45, 7) is -1.79. The summed E-state index contributed by atoms with van der Waals surface area (Å²) in [7, 11) is 0. The minimum Gasteiger partial charge on any atom is -0.547 e. The van der Waals surface area contributed by atoms with Crippen molar-refractivity contribution in [2.75, 3.05) is 13.2 Å². The van der Waals surface area contributed by atoms with Crippen LogP contribution in [0, 0.1) is 0 Å². The van der Waals surface area contributed by atoms with Crippen molar-refractivity contribution in [3.63, 3.8) is 0 Å². The van der Waals surface area contributed by atoms with Crippen LogP contribution < -0.4 is 10.2 Å². The Bertz CT molecular complexity index is 465. The fourth-order valence-corrected chi connectivity index (χ4v) is 1.73. The van der Waals surface area contributed by atoms with Crippen molar-refractivity contribution in [3.05, 3.63) is 0 Å². The van der Waals surface area contributed by atoms with Gasteiger partial charge in [0.05, 0.1) is 25.2 Å². The van der Waals surface area contributed by atoms with E-state index in [0.29, 0.717) is 0 Å². The average molecular weight is 475 g/mol. The number of carboxylic acids is 2. The van der Waals surface area contributed by atoms with Crippen molar-refractivity contribution in [1.29, 1.82) is 0 Å². The Morgan fingerprint density at radius 2 is 0.742 bits per heavy atom. The number of hydrogen-bond donors (Lipinski definition) is 12. The molecule has 0 aliphatic carbocycles. The van der Waals surface area contributed by atoms with Crippen molar-refractivity contribution < 1.29 is 81.1 Å². The van der Waals surface area contributed by atoms with Gasteiger partial charge in [-0.05, 0) is 0 Å². The Labute approximate surface area is 190 Å². The summed E-state index contributed by atoms with van der Waals surface area (Å²) in [6, 6.07) is 0. The summed E-state index contributed by atoms with van der Waals surface area (Å²) >= 11 is 0. The first-order valence-corrected chi connectivity index (χ1v) is 8.09. The van der Waals surface area contributed by atoms with Gasteiger partial charge in [-0.3, -0.25) is 0 Å². The van der Waals surface area contributed by atoms with Crippen LogP contribution in [0.2, 0.25) is 0 Å². The fraction of sp³-hybridized carbons (Fsp3) is 0.857. The molecule has 0 rings (SSSR count). The van der Waals surface area contributed by atoms with Gasteiger partial charge in [0.25, 0.3) is 0 Å². The zero-order chi connectivity index (χ0) is 24.3. The van der Waals surface area contributed by atoms with Crippen molar-refractivity contribution in [2.45, 2.75) is 61.0 Å². The van der Waals surface area contributed by atoms with Gasteiger partial charge in [0.1, 0.15) is 61.0 Å². The quantitative estimate of drug-likeness (QED) is 0.117. The van der Waals surface area contributed by atoms with E-state index in [1.807, 2.05) is 0 Å². The molecule has 0 unspecified atom stereocenters. The second kappa shape index (κ2) is 16.8. The molecule has 0 aliphatic rings. The normalized spacial score (nSPS) is 20.8. The summed E-state index contributed by atoms with van der Waals surface area (Å²) in [5.74, 6) is -4.07. The molecule has 0 heterocycles. The number of aliphatic hydroxyl groups excluding tert-OH is 12. The molecule has 0 amide bonds. The van der Waals surface area contributed by atoms with Gasteiger partial charge in [-0.25, -0.2) is 0 Å². The molecular weight excluding hydrogens is 448 g/mol. The van der Waals surface area contributed by atoms with Gasteiger partial charge in [-0.15, -0.1) is 0 Å². The maximum atomic E-state index is 10.1. The Morgan fingerprint density at radius 1 is 0.516 bits per heavy atom. The number of carbonyl (C=O) groups excluding carboxylic acids is 2. The number of hydrogen-bond acceptors (Lipinski definition) is 16. The second-order valence-electron chi connectivity index (χ2n) is 5.97. The van der Waals surface area contributed by atoms with E-state index in [4.69, 9.17) is 61.3 Å². The predicted octanol–water partition coefficient (Wildman–Crippen LogP) is -11.3. The molecule has 0 saturated heterocycles. The van der Waals surface area contributed by atoms with E-state index < -0.39 is 86.2 Å². The zero-order valence-corrected chi connectivity index (χ0v) is 17.3. The van der Waals surface area contributed by atoms with Gasteiger partial charge in [0, 0.05) is 0 Å². The minimum absolute atomic E-state index is 0. The Morgan fingerprint density at radius 3 is 0.903 bits per heavy atom. The van der Waals surface area contributed by atoms with E-state index in [-0.39, 0.29) is 23.1 Å². The van der Waals surface area contributed by atoms with Crippen LogP contribution in [0.3, 0.4) is 0 Å². The minimum atomic E-state index is -2.40. The van der Waals surface area contributed by atoms with Gasteiger partial charge in [0.2, 0.25) is 0 Å². The van der Waals surface area contributed by atoms with Crippen molar-refractivity contribution >= 4 is 35.0 Å². The van der Waals surface area contributed by atoms with E-state index in [1.54, 1.807) is 0 Å². The third-order valence-corrected chi connectivity index (χ3v) is 3.69. The first kappa shape index (κ1) is 34.8. The summed E-state index contributed by atoms with van der Waals surface area (Å²) in [5, 5.41) is 126. The Hall–Kier alpha value is -0.774. The molecule has 16 nitrogen and oxygen atoms in total. The number of rotatable bonds is 12. The third kappa shape index (κ3) is 11.6. The van der Waals surface area contributed by atoms with Crippen molar-refractivity contribution in [3.8, 4) is 0 Å². The van der Waals surface area contributed by atoms with Crippen LogP contribution in [0.15, 0.2) is 0 Å². The number of carbonyl (C=O) groups is 2.